The molecule has 1 saturated carbocycles. The SMILES string of the molecule is Cc1noc(C(C)C)c1C(=O)NCC1(c2ccccc2)CC1. The maximum Gasteiger partial charge on any atom is 0.256 e. The topological polar surface area (TPSA) is 55.1 Å². The van der Waals surface area contributed by atoms with E-state index in [0.717, 1.165) is 12.8 Å². The van der Waals surface area contributed by atoms with E-state index in [-0.39, 0.29) is 17.2 Å². The van der Waals surface area contributed by atoms with Gasteiger partial charge in [0.15, 0.2) is 5.76 Å². The van der Waals surface area contributed by atoms with Crippen LogP contribution in [0.25, 0.3) is 0 Å². The van der Waals surface area contributed by atoms with Gasteiger partial charge in [-0.25, -0.2) is 0 Å². The summed E-state index contributed by atoms with van der Waals surface area (Å²) in [5.74, 6) is 0.732. The minimum atomic E-state index is -0.0790. The van der Waals surface area contributed by atoms with Crippen LogP contribution in [0.4, 0.5) is 0 Å². The molecule has 2 aromatic rings. The van der Waals surface area contributed by atoms with Crippen LogP contribution < -0.4 is 5.32 Å². The van der Waals surface area contributed by atoms with Gasteiger partial charge in [0.25, 0.3) is 5.91 Å². The lowest BCUT2D eigenvalue weighted by Crippen LogP contribution is -2.33. The van der Waals surface area contributed by atoms with Crippen molar-refractivity contribution in [1.29, 1.82) is 0 Å². The van der Waals surface area contributed by atoms with Crippen molar-refractivity contribution in [2.75, 3.05) is 6.54 Å². The van der Waals surface area contributed by atoms with Gasteiger partial charge < -0.3 is 9.84 Å². The molecule has 1 aliphatic rings. The second-order valence-corrected chi connectivity index (χ2v) is 6.49. The van der Waals surface area contributed by atoms with Crippen LogP contribution in [0.1, 0.15) is 60.0 Å². The molecular formula is C18H22N2O2. The number of carbonyl (C=O) groups is 1. The van der Waals surface area contributed by atoms with Crippen LogP contribution in [0, 0.1) is 6.92 Å². The lowest BCUT2D eigenvalue weighted by molar-refractivity contribution is 0.0946. The molecule has 22 heavy (non-hydrogen) atoms. The highest BCUT2D eigenvalue weighted by Gasteiger charge is 2.44. The molecule has 0 radical (unpaired) electrons. The van der Waals surface area contributed by atoms with Gasteiger partial charge in [-0.2, -0.15) is 0 Å². The van der Waals surface area contributed by atoms with Gasteiger partial charge in [0.05, 0.1) is 5.69 Å². The maximum absolute atomic E-state index is 12.5. The third-order valence-electron chi connectivity index (χ3n) is 4.47. The Morgan fingerprint density at radius 1 is 1.32 bits per heavy atom. The van der Waals surface area contributed by atoms with Gasteiger partial charge in [0, 0.05) is 17.9 Å². The van der Waals surface area contributed by atoms with Crippen LogP contribution in [-0.2, 0) is 5.41 Å². The monoisotopic (exact) mass is 298 g/mol. The second-order valence-electron chi connectivity index (χ2n) is 6.49. The van der Waals surface area contributed by atoms with Crippen LogP contribution in [0.3, 0.4) is 0 Å². The third-order valence-corrected chi connectivity index (χ3v) is 4.47. The van der Waals surface area contributed by atoms with E-state index in [4.69, 9.17) is 4.52 Å². The van der Waals surface area contributed by atoms with E-state index < -0.39 is 0 Å². The first-order valence-corrected chi connectivity index (χ1v) is 7.83. The molecule has 4 nitrogen and oxygen atoms in total. The Morgan fingerprint density at radius 2 is 2.00 bits per heavy atom. The van der Waals surface area contributed by atoms with Gasteiger partial charge in [-0.3, -0.25) is 4.79 Å². The molecule has 0 unspecified atom stereocenters. The zero-order valence-electron chi connectivity index (χ0n) is 13.3. The molecule has 1 amide bonds. The zero-order valence-corrected chi connectivity index (χ0v) is 13.3. The molecule has 0 bridgehead atoms. The first kappa shape index (κ1) is 14.8. The Balaban J connectivity index is 1.73. The van der Waals surface area contributed by atoms with Crippen molar-refractivity contribution >= 4 is 5.91 Å². The first-order chi connectivity index (χ1) is 10.5. The van der Waals surface area contributed by atoms with Crippen LogP contribution in [0.15, 0.2) is 34.9 Å². The number of rotatable bonds is 5. The Labute approximate surface area is 130 Å². The average molecular weight is 298 g/mol. The zero-order chi connectivity index (χ0) is 15.7. The fourth-order valence-corrected chi connectivity index (χ4v) is 2.91. The Morgan fingerprint density at radius 3 is 2.59 bits per heavy atom. The van der Waals surface area contributed by atoms with Gasteiger partial charge in [-0.1, -0.05) is 49.3 Å². The van der Waals surface area contributed by atoms with Crippen LogP contribution in [0.5, 0.6) is 0 Å². The highest BCUT2D eigenvalue weighted by atomic mass is 16.5. The number of hydrogen-bond donors (Lipinski definition) is 1. The molecule has 1 heterocycles. The minimum absolute atomic E-state index is 0.0790. The number of nitrogens with zero attached hydrogens (tertiary/aromatic N) is 1. The van der Waals surface area contributed by atoms with Gasteiger partial charge in [-0.15, -0.1) is 0 Å². The molecule has 0 spiro atoms. The van der Waals surface area contributed by atoms with E-state index in [1.165, 1.54) is 5.56 Å². The Kier molecular flexibility index (Phi) is 3.77. The first-order valence-electron chi connectivity index (χ1n) is 7.83. The lowest BCUT2D eigenvalue weighted by Gasteiger charge is -2.16. The van der Waals surface area contributed by atoms with Crippen molar-refractivity contribution in [2.45, 2.75) is 44.9 Å². The van der Waals surface area contributed by atoms with Crippen molar-refractivity contribution < 1.29 is 9.32 Å². The number of benzene rings is 1. The summed E-state index contributed by atoms with van der Waals surface area (Å²) >= 11 is 0. The van der Waals surface area contributed by atoms with E-state index in [9.17, 15) is 4.79 Å². The van der Waals surface area contributed by atoms with Crippen LogP contribution >= 0.6 is 0 Å². The maximum atomic E-state index is 12.5. The van der Waals surface area contributed by atoms with Crippen LogP contribution in [-0.4, -0.2) is 17.6 Å². The molecule has 1 aliphatic carbocycles. The molecule has 116 valence electrons. The largest absolute Gasteiger partial charge is 0.360 e. The number of hydrogen-bond acceptors (Lipinski definition) is 3. The summed E-state index contributed by atoms with van der Waals surface area (Å²) in [6.07, 6.45) is 2.24. The molecule has 0 aliphatic heterocycles. The number of amides is 1. The number of aromatic nitrogens is 1. The second kappa shape index (κ2) is 5.59. The summed E-state index contributed by atoms with van der Waals surface area (Å²) in [6.45, 7) is 6.48. The standard InChI is InChI=1S/C18H22N2O2/c1-12(2)16-15(13(3)20-22-16)17(21)19-11-18(9-10-18)14-7-5-4-6-8-14/h4-8,12H,9-11H2,1-3H3,(H,19,21). The normalized spacial score (nSPS) is 15.8. The van der Waals surface area contributed by atoms with Gasteiger partial charge in [0.2, 0.25) is 0 Å². The average Bonchev–Trinajstić information content (AvgIpc) is 3.21. The molecule has 3 rings (SSSR count). The fraction of sp³-hybridized carbons (Fsp3) is 0.444. The molecule has 1 fully saturated rings. The highest BCUT2D eigenvalue weighted by molar-refractivity contribution is 5.96. The van der Waals surface area contributed by atoms with Crippen molar-refractivity contribution in [1.82, 2.24) is 10.5 Å². The third kappa shape index (κ3) is 2.65. The predicted molar refractivity (Wildman–Crippen MR) is 85.0 cm³/mol. The molecule has 1 aromatic heterocycles. The van der Waals surface area contributed by atoms with Gasteiger partial charge in [-0.05, 0) is 25.3 Å². The quantitative estimate of drug-likeness (QED) is 0.918. The smallest absolute Gasteiger partial charge is 0.256 e. The molecule has 4 heteroatoms. The van der Waals surface area contributed by atoms with Crippen molar-refractivity contribution in [3.8, 4) is 0 Å². The number of carbonyl (C=O) groups excluding carboxylic acids is 1. The summed E-state index contributed by atoms with van der Waals surface area (Å²) in [5.41, 5.74) is 2.67. The van der Waals surface area contributed by atoms with Gasteiger partial charge >= 0.3 is 0 Å². The van der Waals surface area contributed by atoms with Crippen LogP contribution in [0.2, 0.25) is 0 Å². The lowest BCUT2D eigenvalue weighted by atomic mass is 9.95. The summed E-state index contributed by atoms with van der Waals surface area (Å²) in [7, 11) is 0. The van der Waals surface area contributed by atoms with E-state index in [2.05, 4.69) is 34.7 Å². The Bertz CT molecular complexity index is 670. The van der Waals surface area contributed by atoms with Crippen molar-refractivity contribution in [3.05, 3.63) is 52.9 Å². The number of nitrogens with one attached hydrogen (secondary N) is 1. The van der Waals surface area contributed by atoms with Crippen molar-refractivity contribution in [2.24, 2.45) is 0 Å². The highest BCUT2D eigenvalue weighted by Crippen LogP contribution is 2.47. The fourth-order valence-electron chi connectivity index (χ4n) is 2.91. The number of aryl methyl sites for hydroxylation is 1. The van der Waals surface area contributed by atoms with Gasteiger partial charge in [0.1, 0.15) is 5.56 Å². The van der Waals surface area contributed by atoms with Crippen molar-refractivity contribution in [3.63, 3.8) is 0 Å². The molecule has 0 atom stereocenters. The minimum Gasteiger partial charge on any atom is -0.360 e. The molecular weight excluding hydrogens is 276 g/mol. The summed E-state index contributed by atoms with van der Waals surface area (Å²) in [6, 6.07) is 10.4. The summed E-state index contributed by atoms with van der Waals surface area (Å²) in [5, 5.41) is 7.02. The molecule has 1 aromatic carbocycles. The van der Waals surface area contributed by atoms with E-state index in [1.807, 2.05) is 26.8 Å². The molecule has 1 N–H and O–H groups in total. The van der Waals surface area contributed by atoms with E-state index in [1.54, 1.807) is 0 Å². The predicted octanol–water partition coefficient (Wildman–Crippen LogP) is 3.57. The summed E-state index contributed by atoms with van der Waals surface area (Å²) in [4.78, 5) is 12.5. The van der Waals surface area contributed by atoms with E-state index >= 15 is 0 Å². The summed E-state index contributed by atoms with van der Waals surface area (Å²) < 4.78 is 5.30. The molecule has 0 saturated heterocycles. The van der Waals surface area contributed by atoms with E-state index in [0.29, 0.717) is 23.6 Å². The Hall–Kier alpha value is -2.10.